The van der Waals surface area contributed by atoms with E-state index >= 15 is 0 Å². The Morgan fingerprint density at radius 2 is 2.25 bits per heavy atom. The zero-order valence-corrected chi connectivity index (χ0v) is 14.9. The van der Waals surface area contributed by atoms with E-state index in [4.69, 9.17) is 4.98 Å². The van der Waals surface area contributed by atoms with Crippen LogP contribution in [-0.4, -0.2) is 22.3 Å². The second kappa shape index (κ2) is 6.84. The Kier molecular flexibility index (Phi) is 4.62. The average Bonchev–Trinajstić information content (AvgIpc) is 3.15. The molecule has 0 aliphatic heterocycles. The lowest BCUT2D eigenvalue weighted by Crippen LogP contribution is -2.19. The van der Waals surface area contributed by atoms with Crippen LogP contribution in [0.3, 0.4) is 0 Å². The molecule has 0 saturated carbocycles. The first-order chi connectivity index (χ1) is 11.6. The van der Waals surface area contributed by atoms with E-state index in [0.717, 1.165) is 33.4 Å². The third-order valence-corrected chi connectivity index (χ3v) is 4.50. The normalized spacial score (nSPS) is 12.6. The van der Waals surface area contributed by atoms with Crippen molar-refractivity contribution in [1.82, 2.24) is 14.7 Å². The molecule has 5 heteroatoms. The molecule has 0 bridgehead atoms. The maximum absolute atomic E-state index is 4.85. The number of hydrogen-bond donors (Lipinski definition) is 1. The third kappa shape index (κ3) is 3.03. The Hall–Kier alpha value is -2.66. The van der Waals surface area contributed by atoms with Gasteiger partial charge >= 0.3 is 0 Å². The summed E-state index contributed by atoms with van der Waals surface area (Å²) < 4.78 is 2.10. The van der Waals surface area contributed by atoms with Crippen molar-refractivity contribution in [3.05, 3.63) is 65.8 Å². The van der Waals surface area contributed by atoms with E-state index in [1.807, 2.05) is 24.6 Å². The van der Waals surface area contributed by atoms with Crippen molar-refractivity contribution in [2.24, 2.45) is 4.99 Å². The molecular weight excluding hydrogens is 316 g/mol. The number of amidine groups is 1. The van der Waals surface area contributed by atoms with Gasteiger partial charge in [-0.1, -0.05) is 36.4 Å². The van der Waals surface area contributed by atoms with Gasteiger partial charge in [0.05, 0.1) is 22.9 Å². The molecule has 3 rings (SSSR count). The Balaban J connectivity index is 2.24. The second-order valence-corrected chi connectivity index (χ2v) is 6.36. The van der Waals surface area contributed by atoms with Crippen molar-refractivity contribution in [2.75, 3.05) is 7.05 Å². The molecule has 0 saturated heterocycles. The van der Waals surface area contributed by atoms with Gasteiger partial charge in [0.25, 0.3) is 0 Å². The van der Waals surface area contributed by atoms with Gasteiger partial charge in [-0.2, -0.15) is 0 Å². The zero-order chi connectivity index (χ0) is 17.1. The van der Waals surface area contributed by atoms with Crippen molar-refractivity contribution in [3.8, 4) is 11.3 Å². The number of imidazole rings is 1. The monoisotopic (exact) mass is 336 g/mol. The standard InChI is InChI=1S/C19H20N4S/c1-5-7-16(21-14(3)20-4)18-17(15-9-6-8-13(2)12-15)22-19-23(18)10-11-24-19/h5-12H,1H2,2-4H3,(H,20,21)/b16-7-. The molecule has 0 aliphatic carbocycles. The van der Waals surface area contributed by atoms with Gasteiger partial charge in [0.15, 0.2) is 4.96 Å². The number of nitrogens with one attached hydrogen (secondary N) is 1. The Morgan fingerprint density at radius 3 is 2.96 bits per heavy atom. The lowest BCUT2D eigenvalue weighted by atomic mass is 10.1. The van der Waals surface area contributed by atoms with Gasteiger partial charge in [-0.15, -0.1) is 11.3 Å². The van der Waals surface area contributed by atoms with Crippen molar-refractivity contribution in [3.63, 3.8) is 0 Å². The molecular formula is C19H20N4S. The fourth-order valence-electron chi connectivity index (χ4n) is 2.59. The van der Waals surface area contributed by atoms with E-state index < -0.39 is 0 Å². The minimum absolute atomic E-state index is 0.837. The molecule has 24 heavy (non-hydrogen) atoms. The van der Waals surface area contributed by atoms with E-state index in [1.54, 1.807) is 24.5 Å². The summed E-state index contributed by atoms with van der Waals surface area (Å²) in [6, 6.07) is 8.40. The third-order valence-electron chi connectivity index (χ3n) is 3.74. The number of rotatable bonds is 4. The molecule has 2 aromatic heterocycles. The highest BCUT2D eigenvalue weighted by Crippen LogP contribution is 2.31. The fourth-order valence-corrected chi connectivity index (χ4v) is 3.30. The molecule has 2 heterocycles. The van der Waals surface area contributed by atoms with Gasteiger partial charge in [-0.25, -0.2) is 4.98 Å². The quantitative estimate of drug-likeness (QED) is 0.432. The van der Waals surface area contributed by atoms with Crippen LogP contribution < -0.4 is 5.32 Å². The number of aliphatic imine (C=N–C) groups is 1. The van der Waals surface area contributed by atoms with Crippen LogP contribution >= 0.6 is 11.3 Å². The van der Waals surface area contributed by atoms with Gasteiger partial charge in [0.2, 0.25) is 0 Å². The first-order valence-electron chi connectivity index (χ1n) is 7.70. The summed E-state index contributed by atoms with van der Waals surface area (Å²) in [5.41, 5.74) is 5.21. The van der Waals surface area contributed by atoms with Crippen LogP contribution in [0, 0.1) is 6.92 Å². The molecule has 4 nitrogen and oxygen atoms in total. The summed E-state index contributed by atoms with van der Waals surface area (Å²) in [6.07, 6.45) is 5.77. The topological polar surface area (TPSA) is 41.7 Å². The molecule has 1 N–H and O–H groups in total. The molecule has 0 spiro atoms. The highest BCUT2D eigenvalue weighted by atomic mass is 32.1. The van der Waals surface area contributed by atoms with E-state index in [-0.39, 0.29) is 0 Å². The summed E-state index contributed by atoms with van der Waals surface area (Å²) in [5.74, 6) is 0.837. The van der Waals surface area contributed by atoms with Crippen LogP contribution in [0.25, 0.3) is 21.9 Å². The smallest absolute Gasteiger partial charge is 0.194 e. The number of aromatic nitrogens is 2. The molecule has 3 aromatic rings. The van der Waals surface area contributed by atoms with Gasteiger partial charge in [0.1, 0.15) is 0 Å². The lowest BCUT2D eigenvalue weighted by Gasteiger charge is -2.12. The first kappa shape index (κ1) is 16.2. The zero-order valence-electron chi connectivity index (χ0n) is 14.1. The van der Waals surface area contributed by atoms with Crippen LogP contribution in [0.2, 0.25) is 0 Å². The van der Waals surface area contributed by atoms with Crippen molar-refractivity contribution in [1.29, 1.82) is 0 Å². The lowest BCUT2D eigenvalue weighted by molar-refractivity contribution is 1.14. The van der Waals surface area contributed by atoms with E-state index in [1.165, 1.54) is 5.56 Å². The van der Waals surface area contributed by atoms with Gasteiger partial charge in [0, 0.05) is 24.2 Å². The molecule has 0 radical (unpaired) electrons. The predicted molar refractivity (Wildman–Crippen MR) is 104 cm³/mol. The number of thiazole rings is 1. The van der Waals surface area contributed by atoms with Crippen molar-refractivity contribution >= 4 is 27.8 Å². The summed E-state index contributed by atoms with van der Waals surface area (Å²) in [6.45, 7) is 7.88. The van der Waals surface area contributed by atoms with Gasteiger partial charge < -0.3 is 5.32 Å². The molecule has 122 valence electrons. The Labute approximate surface area is 145 Å². The van der Waals surface area contributed by atoms with Crippen LogP contribution in [0.1, 0.15) is 18.2 Å². The molecule has 0 aliphatic rings. The number of nitrogens with zero attached hydrogens (tertiary/aromatic N) is 3. The number of fused-ring (bicyclic) bond motifs is 1. The number of benzene rings is 1. The number of allylic oxidation sites excluding steroid dienone is 2. The summed E-state index contributed by atoms with van der Waals surface area (Å²) in [5, 5.41) is 5.40. The van der Waals surface area contributed by atoms with Crippen LogP contribution in [-0.2, 0) is 0 Å². The largest absolute Gasteiger partial charge is 0.343 e. The Bertz CT molecular complexity index is 943. The SMILES string of the molecule is C=C/C=C(\NC(C)=NC)c1c(-c2cccc(C)c2)nc2sccn12. The minimum Gasteiger partial charge on any atom is -0.343 e. The molecule has 0 atom stereocenters. The van der Waals surface area contributed by atoms with Crippen LogP contribution in [0.15, 0.2) is 59.6 Å². The second-order valence-electron chi connectivity index (χ2n) is 5.48. The molecule has 0 fully saturated rings. The van der Waals surface area contributed by atoms with Crippen molar-refractivity contribution in [2.45, 2.75) is 13.8 Å². The predicted octanol–water partition coefficient (Wildman–Crippen LogP) is 4.54. The van der Waals surface area contributed by atoms with Gasteiger partial charge in [-0.3, -0.25) is 9.39 Å². The fraction of sp³-hybridized carbons (Fsp3) is 0.158. The average molecular weight is 336 g/mol. The molecule has 0 amide bonds. The number of aryl methyl sites for hydroxylation is 1. The van der Waals surface area contributed by atoms with Crippen LogP contribution in [0.5, 0.6) is 0 Å². The maximum Gasteiger partial charge on any atom is 0.194 e. The molecule has 1 aromatic carbocycles. The molecule has 0 unspecified atom stereocenters. The highest BCUT2D eigenvalue weighted by molar-refractivity contribution is 7.15. The summed E-state index contributed by atoms with van der Waals surface area (Å²) in [4.78, 5) is 10.0. The minimum atomic E-state index is 0.837. The summed E-state index contributed by atoms with van der Waals surface area (Å²) in [7, 11) is 1.77. The van der Waals surface area contributed by atoms with E-state index in [9.17, 15) is 0 Å². The van der Waals surface area contributed by atoms with Crippen molar-refractivity contribution < 1.29 is 0 Å². The van der Waals surface area contributed by atoms with E-state index in [2.05, 4.69) is 52.5 Å². The maximum atomic E-state index is 4.85. The van der Waals surface area contributed by atoms with E-state index in [0.29, 0.717) is 0 Å². The van der Waals surface area contributed by atoms with Crippen LogP contribution in [0.4, 0.5) is 0 Å². The van der Waals surface area contributed by atoms with Gasteiger partial charge in [-0.05, 0) is 26.0 Å². The highest BCUT2D eigenvalue weighted by Gasteiger charge is 2.18. The summed E-state index contributed by atoms with van der Waals surface area (Å²) >= 11 is 1.62. The first-order valence-corrected chi connectivity index (χ1v) is 8.58. The Morgan fingerprint density at radius 1 is 1.42 bits per heavy atom. The number of hydrogen-bond acceptors (Lipinski definition) is 3.